The molecule has 11 heteroatoms. The molecule has 2 atom stereocenters. The van der Waals surface area contributed by atoms with E-state index in [1.165, 1.54) is 21.5 Å². The Hall–Kier alpha value is -4.02. The van der Waals surface area contributed by atoms with Crippen LogP contribution in [0, 0.1) is 30.2 Å². The highest BCUT2D eigenvalue weighted by Gasteiger charge is 2.44. The van der Waals surface area contributed by atoms with Crippen LogP contribution in [-0.4, -0.2) is 41.4 Å². The number of rotatable bonds is 3. The molecule has 0 unspecified atom stereocenters. The molecule has 2 aliphatic heterocycles. The summed E-state index contributed by atoms with van der Waals surface area (Å²) in [6.45, 7) is 1.72. The van der Waals surface area contributed by atoms with E-state index in [2.05, 4.69) is 15.2 Å². The van der Waals surface area contributed by atoms with E-state index in [1.807, 2.05) is 0 Å². The number of benzene rings is 2. The molecule has 2 aliphatic rings. The molecule has 190 valence electrons. The van der Waals surface area contributed by atoms with Gasteiger partial charge in [0, 0.05) is 24.2 Å². The first-order chi connectivity index (χ1) is 17.7. The van der Waals surface area contributed by atoms with E-state index in [1.54, 1.807) is 31.0 Å². The van der Waals surface area contributed by atoms with Crippen LogP contribution in [0.3, 0.4) is 0 Å². The first-order valence-electron chi connectivity index (χ1n) is 12.0. The number of halogens is 4. The number of piperidine rings is 1. The average molecular weight is 510 g/mol. The number of carbonyl (C=O) groups excluding carboxylic acids is 1. The van der Waals surface area contributed by atoms with Gasteiger partial charge in [0.1, 0.15) is 11.6 Å². The van der Waals surface area contributed by atoms with E-state index >= 15 is 0 Å². The highest BCUT2D eigenvalue weighted by molar-refractivity contribution is 5.91. The molecule has 0 saturated carbocycles. The molecule has 1 amide bonds. The maximum Gasteiger partial charge on any atom is 0.294 e. The first kappa shape index (κ1) is 23.4. The summed E-state index contributed by atoms with van der Waals surface area (Å²) in [5.41, 5.74) is 2.74. The summed E-state index contributed by atoms with van der Waals surface area (Å²) in [4.78, 5) is 19.9. The summed E-state index contributed by atoms with van der Waals surface area (Å²) in [6, 6.07) is 7.14. The Morgan fingerprint density at radius 3 is 2.41 bits per heavy atom. The molecule has 2 aromatic heterocycles. The minimum absolute atomic E-state index is 0.0287. The van der Waals surface area contributed by atoms with Gasteiger partial charge >= 0.3 is 0 Å². The fraction of sp³-hybridized carbons (Fsp3) is 0.308. The van der Waals surface area contributed by atoms with Gasteiger partial charge in [0.25, 0.3) is 5.91 Å². The van der Waals surface area contributed by atoms with Gasteiger partial charge in [0.05, 0.1) is 23.1 Å². The van der Waals surface area contributed by atoms with E-state index in [4.69, 9.17) is 0 Å². The van der Waals surface area contributed by atoms with Crippen molar-refractivity contribution in [2.45, 2.75) is 44.7 Å². The molecular formula is C26H22F4N6O. The summed E-state index contributed by atoms with van der Waals surface area (Å²) in [5, 5.41) is 9.05. The lowest BCUT2D eigenvalue weighted by molar-refractivity contribution is 0.0379. The van der Waals surface area contributed by atoms with Crippen molar-refractivity contribution in [2.24, 2.45) is 7.05 Å². The second-order valence-corrected chi connectivity index (χ2v) is 9.48. The van der Waals surface area contributed by atoms with Crippen molar-refractivity contribution >= 4 is 5.91 Å². The Bertz CT molecular complexity index is 1520. The van der Waals surface area contributed by atoms with Crippen molar-refractivity contribution in [3.8, 4) is 16.9 Å². The summed E-state index contributed by atoms with van der Waals surface area (Å²) in [7, 11) is 1.66. The Morgan fingerprint density at radius 2 is 1.70 bits per heavy atom. The van der Waals surface area contributed by atoms with Gasteiger partial charge in [-0.05, 0) is 69.0 Å². The molecule has 2 bridgehead atoms. The zero-order chi connectivity index (χ0) is 26.0. The number of carbonyl (C=O) groups is 1. The Labute approximate surface area is 209 Å². The molecule has 0 radical (unpaired) electrons. The lowest BCUT2D eigenvalue weighted by Gasteiger charge is -2.44. The van der Waals surface area contributed by atoms with E-state index in [-0.39, 0.29) is 35.2 Å². The fourth-order valence-electron chi connectivity index (χ4n) is 5.63. The predicted molar refractivity (Wildman–Crippen MR) is 125 cm³/mol. The molecule has 7 nitrogen and oxygen atoms in total. The molecule has 1 fully saturated rings. The monoisotopic (exact) mass is 510 g/mol. The van der Waals surface area contributed by atoms with E-state index < -0.39 is 17.5 Å². The van der Waals surface area contributed by atoms with Crippen LogP contribution in [0.2, 0.25) is 0 Å². The van der Waals surface area contributed by atoms with Crippen molar-refractivity contribution in [2.75, 3.05) is 0 Å². The molecule has 0 spiro atoms. The number of aromatic nitrogens is 5. The Balaban J connectivity index is 1.38. The van der Waals surface area contributed by atoms with Gasteiger partial charge in [-0.2, -0.15) is 5.10 Å². The molecular weight excluding hydrogens is 488 g/mol. The number of amides is 1. The zero-order valence-corrected chi connectivity index (χ0v) is 20.1. The standard InChI is InChI=1S/C26H22F4N6O/c1-13-31-25(33-36(13)16-8-6-15(27)7-9-16)26(37)35-17-4-3-5-21(35)23-18(12-17)24(34(2)32-23)14-10-19(28)22(30)20(29)11-14/h6-11,17,21H,3-5,12H2,1-2H3/t17-,21+/m1/s1. The van der Waals surface area contributed by atoms with Crippen molar-refractivity contribution in [3.05, 3.63) is 82.6 Å². The normalized spacial score (nSPS) is 18.7. The fourth-order valence-corrected chi connectivity index (χ4v) is 5.63. The second-order valence-electron chi connectivity index (χ2n) is 9.48. The highest BCUT2D eigenvalue weighted by atomic mass is 19.2. The van der Waals surface area contributed by atoms with Gasteiger partial charge in [0.2, 0.25) is 5.82 Å². The van der Waals surface area contributed by atoms with Crippen molar-refractivity contribution in [1.29, 1.82) is 0 Å². The maximum atomic E-state index is 14.0. The van der Waals surface area contributed by atoms with Crippen LogP contribution < -0.4 is 0 Å². The smallest absolute Gasteiger partial charge is 0.294 e. The van der Waals surface area contributed by atoms with Crippen LogP contribution in [0.1, 0.15) is 53.0 Å². The van der Waals surface area contributed by atoms with Crippen LogP contribution in [-0.2, 0) is 13.5 Å². The third-order valence-corrected chi connectivity index (χ3v) is 7.20. The van der Waals surface area contributed by atoms with Gasteiger partial charge in [-0.15, -0.1) is 5.10 Å². The largest absolute Gasteiger partial charge is 0.324 e. The minimum Gasteiger partial charge on any atom is -0.324 e. The van der Waals surface area contributed by atoms with Gasteiger partial charge in [-0.1, -0.05) is 0 Å². The van der Waals surface area contributed by atoms with Gasteiger partial charge in [-0.3, -0.25) is 9.48 Å². The molecule has 2 aromatic carbocycles. The summed E-state index contributed by atoms with van der Waals surface area (Å²) in [6.07, 6.45) is 2.72. The minimum atomic E-state index is -1.52. The van der Waals surface area contributed by atoms with Crippen molar-refractivity contribution < 1.29 is 22.4 Å². The SMILES string of the molecule is Cc1nc(C(=O)N2[C@@H]3CCC[C@H]2c2nn(C)c(-c4cc(F)c(F)c(F)c4)c2C3)nn1-c1ccc(F)cc1. The molecule has 1 saturated heterocycles. The third-order valence-electron chi connectivity index (χ3n) is 7.20. The summed E-state index contributed by atoms with van der Waals surface area (Å²) >= 11 is 0. The second kappa shape index (κ2) is 8.53. The van der Waals surface area contributed by atoms with Crippen LogP contribution in [0.4, 0.5) is 17.6 Å². The lowest BCUT2D eigenvalue weighted by Crippen LogP contribution is -2.50. The van der Waals surface area contributed by atoms with Crippen LogP contribution in [0.5, 0.6) is 0 Å². The molecule has 4 aromatic rings. The number of hydrogen-bond acceptors (Lipinski definition) is 4. The topological polar surface area (TPSA) is 68.8 Å². The summed E-state index contributed by atoms with van der Waals surface area (Å²) in [5.74, 6) is -4.26. The number of nitrogens with zero attached hydrogens (tertiary/aromatic N) is 6. The Morgan fingerprint density at radius 1 is 1.00 bits per heavy atom. The van der Waals surface area contributed by atoms with Crippen LogP contribution in [0.15, 0.2) is 36.4 Å². The first-order valence-corrected chi connectivity index (χ1v) is 12.0. The van der Waals surface area contributed by atoms with E-state index in [0.29, 0.717) is 35.7 Å². The molecule has 0 N–H and O–H groups in total. The van der Waals surface area contributed by atoms with E-state index in [9.17, 15) is 22.4 Å². The molecule has 37 heavy (non-hydrogen) atoms. The van der Waals surface area contributed by atoms with Crippen molar-refractivity contribution in [1.82, 2.24) is 29.4 Å². The van der Waals surface area contributed by atoms with Crippen LogP contribution >= 0.6 is 0 Å². The maximum absolute atomic E-state index is 14.0. The van der Waals surface area contributed by atoms with Crippen LogP contribution in [0.25, 0.3) is 16.9 Å². The van der Waals surface area contributed by atoms with Gasteiger partial charge in [0.15, 0.2) is 17.5 Å². The summed E-state index contributed by atoms with van der Waals surface area (Å²) < 4.78 is 58.0. The quantitative estimate of drug-likeness (QED) is 0.293. The van der Waals surface area contributed by atoms with Gasteiger partial charge in [-0.25, -0.2) is 27.2 Å². The molecule has 6 rings (SSSR count). The highest BCUT2D eigenvalue weighted by Crippen LogP contribution is 2.45. The Kier molecular flexibility index (Phi) is 5.39. The number of fused-ring (bicyclic) bond motifs is 4. The number of aryl methyl sites for hydroxylation is 2. The third kappa shape index (κ3) is 3.71. The molecule has 0 aliphatic carbocycles. The van der Waals surface area contributed by atoms with Crippen molar-refractivity contribution in [3.63, 3.8) is 0 Å². The van der Waals surface area contributed by atoms with E-state index in [0.717, 1.165) is 30.5 Å². The average Bonchev–Trinajstić information content (AvgIpc) is 3.41. The molecule has 4 heterocycles. The number of hydrogen-bond donors (Lipinski definition) is 0. The predicted octanol–water partition coefficient (Wildman–Crippen LogP) is 4.82. The lowest BCUT2D eigenvalue weighted by atomic mass is 9.81. The zero-order valence-electron chi connectivity index (χ0n) is 20.1. The van der Waals surface area contributed by atoms with Gasteiger partial charge < -0.3 is 4.90 Å².